The lowest BCUT2D eigenvalue weighted by Gasteiger charge is -2.20. The minimum absolute atomic E-state index is 0.935. The van der Waals surface area contributed by atoms with Gasteiger partial charge < -0.3 is 4.42 Å². The highest BCUT2D eigenvalue weighted by Gasteiger charge is 2.22. The van der Waals surface area contributed by atoms with Gasteiger partial charge >= 0.3 is 0 Å². The first-order valence-corrected chi connectivity index (χ1v) is 22.5. The molecule has 1 aromatic heterocycles. The lowest BCUT2D eigenvalue weighted by molar-refractivity contribution is 0.677. The summed E-state index contributed by atoms with van der Waals surface area (Å²) in [6.45, 7) is 0. The van der Waals surface area contributed by atoms with E-state index < -0.39 is 0 Å². The van der Waals surface area contributed by atoms with E-state index in [1.165, 1.54) is 109 Å². The van der Waals surface area contributed by atoms with Crippen LogP contribution in [0.15, 0.2) is 235 Å². The zero-order chi connectivity index (χ0) is 42.6. The topological polar surface area (TPSA) is 13.1 Å². The van der Waals surface area contributed by atoms with Gasteiger partial charge in [-0.25, -0.2) is 0 Å². The fraction of sp³-hybridized carbons (Fsp3) is 0. The van der Waals surface area contributed by atoms with E-state index in [2.05, 4.69) is 231 Å². The minimum atomic E-state index is 0.935. The highest BCUT2D eigenvalue weighted by atomic mass is 16.3. The van der Waals surface area contributed by atoms with Crippen LogP contribution in [-0.2, 0) is 0 Å². The second-order valence-electron chi connectivity index (χ2n) is 17.4. The molecule has 0 radical (unpaired) electrons. The lowest BCUT2D eigenvalue weighted by Crippen LogP contribution is -1.92. The summed E-state index contributed by atoms with van der Waals surface area (Å²) in [4.78, 5) is 0. The molecule has 0 aliphatic carbocycles. The molecule has 0 unspecified atom stereocenters. The van der Waals surface area contributed by atoms with Crippen molar-refractivity contribution < 1.29 is 4.42 Å². The number of fused-ring (bicyclic) bond motifs is 16. The second kappa shape index (κ2) is 14.0. The zero-order valence-electron chi connectivity index (χ0n) is 35.3. The van der Waals surface area contributed by atoms with Gasteiger partial charge in [-0.1, -0.05) is 218 Å². The summed E-state index contributed by atoms with van der Waals surface area (Å²) in [7, 11) is 0. The molecular formula is C64H38O. The molecule has 1 heterocycles. The van der Waals surface area contributed by atoms with E-state index in [1.807, 2.05) is 0 Å². The molecule has 0 saturated heterocycles. The van der Waals surface area contributed by atoms with Gasteiger partial charge in [0, 0.05) is 21.5 Å². The predicted molar refractivity (Wildman–Crippen MR) is 278 cm³/mol. The van der Waals surface area contributed by atoms with Crippen molar-refractivity contribution in [3.05, 3.63) is 231 Å². The molecule has 14 rings (SSSR count). The standard InChI is InChI=1S/C64H38O/c1-2-17-39(18-3-1)43-35-36-56(45-22-5-4-21-44(43)45)60-54-30-13-11-28-52(54)59(53-29-12-14-31-55(53)60)42-20-16-19-40(37-42)41-33-34-49-47-24-7-10-27-51(47)62-61-50-26-9-6-23-46(50)48-25-8-15-32-57(48)63(61)65-64(62)58(49)38-41/h1-38H. The van der Waals surface area contributed by atoms with Crippen LogP contribution in [0, 0.1) is 0 Å². The number of furan rings is 1. The summed E-state index contributed by atoms with van der Waals surface area (Å²) >= 11 is 0. The summed E-state index contributed by atoms with van der Waals surface area (Å²) in [5.74, 6) is 0. The van der Waals surface area contributed by atoms with Crippen LogP contribution in [0.1, 0.15) is 0 Å². The molecule has 0 aliphatic rings. The lowest BCUT2D eigenvalue weighted by atomic mass is 9.83. The Morgan fingerprint density at radius 2 is 0.600 bits per heavy atom. The van der Waals surface area contributed by atoms with Crippen molar-refractivity contribution in [2.24, 2.45) is 0 Å². The Morgan fingerprint density at radius 1 is 0.200 bits per heavy atom. The van der Waals surface area contributed by atoms with Crippen LogP contribution in [0.4, 0.5) is 0 Å². The normalized spacial score (nSPS) is 12.0. The van der Waals surface area contributed by atoms with Crippen LogP contribution in [0.2, 0.25) is 0 Å². The average Bonchev–Trinajstić information content (AvgIpc) is 3.80. The summed E-state index contributed by atoms with van der Waals surface area (Å²) in [5, 5.41) is 19.4. The first kappa shape index (κ1) is 36.0. The van der Waals surface area contributed by atoms with E-state index in [9.17, 15) is 0 Å². The van der Waals surface area contributed by atoms with Crippen LogP contribution in [-0.4, -0.2) is 0 Å². The van der Waals surface area contributed by atoms with E-state index in [0.29, 0.717) is 0 Å². The van der Waals surface area contributed by atoms with Crippen LogP contribution in [0.3, 0.4) is 0 Å². The number of hydrogen-bond donors (Lipinski definition) is 0. The first-order valence-electron chi connectivity index (χ1n) is 22.5. The molecule has 0 fully saturated rings. The van der Waals surface area contributed by atoms with Gasteiger partial charge in [-0.15, -0.1) is 0 Å². The molecule has 13 aromatic carbocycles. The van der Waals surface area contributed by atoms with Crippen molar-refractivity contribution in [3.63, 3.8) is 0 Å². The van der Waals surface area contributed by atoms with Crippen molar-refractivity contribution in [1.29, 1.82) is 0 Å². The summed E-state index contributed by atoms with van der Waals surface area (Å²) in [6, 6.07) is 84.6. The van der Waals surface area contributed by atoms with Crippen LogP contribution >= 0.6 is 0 Å². The van der Waals surface area contributed by atoms with Gasteiger partial charge in [0.1, 0.15) is 11.2 Å². The Hall–Kier alpha value is -8.52. The number of benzene rings is 13. The minimum Gasteiger partial charge on any atom is -0.455 e. The van der Waals surface area contributed by atoms with Gasteiger partial charge in [0.2, 0.25) is 0 Å². The third-order valence-corrected chi connectivity index (χ3v) is 14.0. The molecule has 65 heavy (non-hydrogen) atoms. The maximum atomic E-state index is 7.18. The van der Waals surface area contributed by atoms with Gasteiger partial charge in [0.25, 0.3) is 0 Å². The van der Waals surface area contributed by atoms with Crippen molar-refractivity contribution >= 4 is 97.3 Å². The van der Waals surface area contributed by atoms with E-state index in [-0.39, 0.29) is 0 Å². The van der Waals surface area contributed by atoms with E-state index in [1.54, 1.807) is 0 Å². The van der Waals surface area contributed by atoms with E-state index in [0.717, 1.165) is 33.1 Å². The van der Waals surface area contributed by atoms with Gasteiger partial charge in [-0.3, -0.25) is 0 Å². The summed E-state index contributed by atoms with van der Waals surface area (Å²) in [6.07, 6.45) is 0. The molecule has 0 atom stereocenters. The van der Waals surface area contributed by atoms with Crippen LogP contribution in [0.25, 0.3) is 142 Å². The molecule has 0 spiro atoms. The first-order chi connectivity index (χ1) is 32.3. The molecule has 300 valence electrons. The molecule has 0 bridgehead atoms. The Morgan fingerprint density at radius 3 is 1.22 bits per heavy atom. The van der Waals surface area contributed by atoms with Gasteiger partial charge in [-0.05, 0) is 121 Å². The van der Waals surface area contributed by atoms with E-state index >= 15 is 0 Å². The fourth-order valence-electron chi connectivity index (χ4n) is 11.2. The molecule has 1 heteroatoms. The fourth-order valence-corrected chi connectivity index (χ4v) is 11.2. The molecule has 0 amide bonds. The summed E-state index contributed by atoms with van der Waals surface area (Å²) < 4.78 is 7.18. The quantitative estimate of drug-likeness (QED) is 0.127. The third-order valence-electron chi connectivity index (χ3n) is 14.0. The Kier molecular flexibility index (Phi) is 7.75. The molecule has 0 saturated carbocycles. The van der Waals surface area contributed by atoms with Gasteiger partial charge in [-0.2, -0.15) is 0 Å². The molecule has 14 aromatic rings. The Labute approximate surface area is 375 Å². The molecule has 1 nitrogen and oxygen atoms in total. The van der Waals surface area contributed by atoms with E-state index in [4.69, 9.17) is 4.42 Å². The number of hydrogen-bond acceptors (Lipinski definition) is 1. The SMILES string of the molecule is c1ccc(-c2ccc(-c3c4ccccc4c(-c4cccc(-c5ccc6c7ccccc7c7c(oc8c9ccccc9c9ccccc9c87)c6c5)c4)c4ccccc34)c3ccccc23)cc1. The van der Waals surface area contributed by atoms with Crippen molar-refractivity contribution in [1.82, 2.24) is 0 Å². The van der Waals surface area contributed by atoms with Crippen LogP contribution < -0.4 is 0 Å². The Bertz CT molecular complexity index is 4230. The van der Waals surface area contributed by atoms with Gasteiger partial charge in [0.15, 0.2) is 0 Å². The number of rotatable bonds is 4. The van der Waals surface area contributed by atoms with Crippen molar-refractivity contribution in [2.45, 2.75) is 0 Å². The van der Waals surface area contributed by atoms with Gasteiger partial charge in [0.05, 0.1) is 0 Å². The monoisotopic (exact) mass is 822 g/mol. The molecule has 0 aliphatic heterocycles. The predicted octanol–water partition coefficient (Wildman–Crippen LogP) is 18.3. The Balaban J connectivity index is 0.995. The van der Waals surface area contributed by atoms with Crippen LogP contribution in [0.5, 0.6) is 0 Å². The maximum Gasteiger partial charge on any atom is 0.143 e. The van der Waals surface area contributed by atoms with Crippen molar-refractivity contribution in [2.75, 3.05) is 0 Å². The maximum absolute atomic E-state index is 7.18. The summed E-state index contributed by atoms with van der Waals surface area (Å²) in [5.41, 5.74) is 11.6. The molecule has 0 N–H and O–H groups in total. The highest BCUT2D eigenvalue weighted by molar-refractivity contribution is 6.38. The zero-order valence-corrected chi connectivity index (χ0v) is 35.3. The third kappa shape index (κ3) is 5.27. The second-order valence-corrected chi connectivity index (χ2v) is 17.4. The highest BCUT2D eigenvalue weighted by Crippen LogP contribution is 2.49. The largest absolute Gasteiger partial charge is 0.455 e. The van der Waals surface area contributed by atoms with Crippen molar-refractivity contribution in [3.8, 4) is 44.5 Å². The smallest absolute Gasteiger partial charge is 0.143 e. The molecular weight excluding hydrogens is 785 g/mol. The average molecular weight is 823 g/mol.